The predicted molar refractivity (Wildman–Crippen MR) is 29.1 cm³/mol. The SMILES string of the molecule is O=C(Br)N(F)OCCl. The molecule has 0 aromatic carbocycles. The van der Waals surface area contributed by atoms with E-state index in [9.17, 15) is 9.28 Å². The molecule has 0 saturated heterocycles. The molecule has 0 unspecified atom stereocenters. The van der Waals surface area contributed by atoms with Crippen LogP contribution in [-0.2, 0) is 4.84 Å². The summed E-state index contributed by atoms with van der Waals surface area (Å²) in [5, 5.41) is -0.507. The van der Waals surface area contributed by atoms with E-state index in [4.69, 9.17) is 11.6 Å². The van der Waals surface area contributed by atoms with Gasteiger partial charge in [0.1, 0.15) is 0 Å². The molecule has 1 amide bonds. The van der Waals surface area contributed by atoms with Gasteiger partial charge in [-0.1, -0.05) is 16.1 Å². The predicted octanol–water partition coefficient (Wildman–Crippen LogP) is 1.82. The minimum atomic E-state index is -1.02. The molecule has 8 heavy (non-hydrogen) atoms. The van der Waals surface area contributed by atoms with Crippen LogP contribution in [0.3, 0.4) is 0 Å². The van der Waals surface area contributed by atoms with Crippen molar-refractivity contribution >= 4 is 32.3 Å². The van der Waals surface area contributed by atoms with E-state index in [2.05, 4.69) is 20.8 Å². The highest BCUT2D eigenvalue weighted by Gasteiger charge is 2.06. The first kappa shape index (κ1) is 8.13. The number of halogens is 3. The maximum absolute atomic E-state index is 11.7. The number of hydrogen-bond donors (Lipinski definition) is 0. The van der Waals surface area contributed by atoms with Crippen LogP contribution in [0.1, 0.15) is 0 Å². The highest BCUT2D eigenvalue weighted by molar-refractivity contribution is 9.18. The summed E-state index contributed by atoms with van der Waals surface area (Å²) in [7, 11) is 0. The normalized spacial score (nSPS) is 8.88. The highest BCUT2D eigenvalue weighted by atomic mass is 79.9. The topological polar surface area (TPSA) is 29.5 Å². The number of alkyl halides is 1. The molecule has 0 radical (unpaired) electrons. The lowest BCUT2D eigenvalue weighted by Gasteiger charge is -2.02. The number of hydroxylamine groups is 1. The van der Waals surface area contributed by atoms with E-state index in [1.165, 1.54) is 0 Å². The zero-order chi connectivity index (χ0) is 6.57. The summed E-state index contributed by atoms with van der Waals surface area (Å²) in [5.41, 5.74) is 0. The number of amides is 1. The van der Waals surface area contributed by atoms with Crippen molar-refractivity contribution in [2.75, 3.05) is 6.07 Å². The number of carbonyl (C=O) groups is 1. The van der Waals surface area contributed by atoms with Crippen LogP contribution >= 0.6 is 27.5 Å². The molecule has 0 saturated carbocycles. The maximum atomic E-state index is 11.7. The zero-order valence-corrected chi connectivity index (χ0v) is 5.95. The fourth-order valence-electron chi connectivity index (χ4n) is 0.0936. The van der Waals surface area contributed by atoms with Gasteiger partial charge in [-0.3, -0.25) is 4.79 Å². The molecule has 0 fully saturated rings. The molecule has 48 valence electrons. The second-order valence-corrected chi connectivity index (χ2v) is 1.63. The van der Waals surface area contributed by atoms with Crippen LogP contribution in [0.15, 0.2) is 0 Å². The summed E-state index contributed by atoms with van der Waals surface area (Å²) in [6.45, 7) is 0. The molecule has 6 heteroatoms. The van der Waals surface area contributed by atoms with Crippen molar-refractivity contribution in [2.45, 2.75) is 0 Å². The van der Waals surface area contributed by atoms with Crippen molar-refractivity contribution in [1.29, 1.82) is 0 Å². The van der Waals surface area contributed by atoms with Crippen LogP contribution in [-0.4, -0.2) is 16.2 Å². The van der Waals surface area contributed by atoms with Gasteiger partial charge in [-0.15, -0.1) is 0 Å². The van der Waals surface area contributed by atoms with Gasteiger partial charge in [-0.2, -0.15) is 0 Å². The summed E-state index contributed by atoms with van der Waals surface area (Å²) in [4.78, 5) is 12.6. The summed E-state index contributed by atoms with van der Waals surface area (Å²) in [5.74, 6) is 0. The minimum Gasteiger partial charge on any atom is -0.256 e. The van der Waals surface area contributed by atoms with E-state index >= 15 is 0 Å². The first-order valence-corrected chi connectivity index (χ1v) is 2.85. The van der Waals surface area contributed by atoms with Crippen molar-refractivity contribution in [1.82, 2.24) is 5.29 Å². The molecule has 0 aliphatic heterocycles. The van der Waals surface area contributed by atoms with Gasteiger partial charge < -0.3 is 0 Å². The van der Waals surface area contributed by atoms with Crippen LogP contribution < -0.4 is 0 Å². The second-order valence-electron chi connectivity index (χ2n) is 0.736. The lowest BCUT2D eigenvalue weighted by Crippen LogP contribution is -2.14. The summed E-state index contributed by atoms with van der Waals surface area (Å²) >= 11 is 7.13. The lowest BCUT2D eigenvalue weighted by atomic mass is 11.4. The number of carbonyl (C=O) groups excluding carboxylic acids is 1. The molecule has 0 N–H and O–H groups in total. The number of rotatable bonds is 2. The average Bonchev–Trinajstić information content (AvgIpc) is 1.67. The average molecular weight is 206 g/mol. The molecule has 0 aromatic rings. The third kappa shape index (κ3) is 3.17. The Morgan fingerprint density at radius 3 is 2.62 bits per heavy atom. The molecular formula is C2H2BrClFNO2. The molecule has 0 heterocycles. The van der Waals surface area contributed by atoms with Crippen molar-refractivity contribution in [3.8, 4) is 0 Å². The van der Waals surface area contributed by atoms with Crippen molar-refractivity contribution in [3.63, 3.8) is 0 Å². The Hall–Kier alpha value is 0.130. The quantitative estimate of drug-likeness (QED) is 0.227. The lowest BCUT2D eigenvalue weighted by molar-refractivity contribution is -0.213. The summed E-state index contributed by atoms with van der Waals surface area (Å²) in [6.07, 6.45) is 0. The van der Waals surface area contributed by atoms with Gasteiger partial charge in [0.25, 0.3) is 0 Å². The fourth-order valence-corrected chi connectivity index (χ4v) is 0.282. The van der Waals surface area contributed by atoms with E-state index in [1.54, 1.807) is 0 Å². The monoisotopic (exact) mass is 205 g/mol. The Morgan fingerprint density at radius 2 is 2.50 bits per heavy atom. The molecule has 0 aliphatic rings. The number of nitrogens with zero attached hydrogens (tertiary/aromatic N) is 1. The molecule has 0 aromatic heterocycles. The van der Waals surface area contributed by atoms with E-state index in [0.717, 1.165) is 0 Å². The number of hydrogen-bond acceptors (Lipinski definition) is 2. The zero-order valence-electron chi connectivity index (χ0n) is 3.60. The molecule has 0 spiro atoms. The Kier molecular flexibility index (Phi) is 4.12. The smallest absolute Gasteiger partial charge is 0.256 e. The second kappa shape index (κ2) is 4.05. The first-order chi connectivity index (χ1) is 3.68. The molecule has 0 bridgehead atoms. The van der Waals surface area contributed by atoms with Gasteiger partial charge in [0, 0.05) is 15.9 Å². The van der Waals surface area contributed by atoms with E-state index in [0.29, 0.717) is 0 Å². The molecular weight excluding hydrogens is 204 g/mol. The Labute approximate surface area is 58.4 Å². The Balaban J connectivity index is 3.32. The molecule has 0 rings (SSSR count). The minimum absolute atomic E-state index is 0.395. The van der Waals surface area contributed by atoms with Crippen LogP contribution in [0.4, 0.5) is 9.28 Å². The van der Waals surface area contributed by atoms with E-state index < -0.39 is 16.2 Å². The van der Waals surface area contributed by atoms with Gasteiger partial charge in [-0.25, -0.2) is 4.84 Å². The highest BCUT2D eigenvalue weighted by Crippen LogP contribution is 2.00. The van der Waals surface area contributed by atoms with Crippen molar-refractivity contribution in [2.24, 2.45) is 0 Å². The first-order valence-electron chi connectivity index (χ1n) is 1.52. The molecule has 0 aliphatic carbocycles. The van der Waals surface area contributed by atoms with Crippen LogP contribution in [0.2, 0.25) is 0 Å². The third-order valence-electron chi connectivity index (χ3n) is 0.300. The third-order valence-corrected chi connectivity index (χ3v) is 0.677. The Morgan fingerprint density at radius 1 is 2.00 bits per heavy atom. The van der Waals surface area contributed by atoms with Crippen molar-refractivity contribution < 1.29 is 14.1 Å². The van der Waals surface area contributed by atoms with Crippen LogP contribution in [0.25, 0.3) is 0 Å². The van der Waals surface area contributed by atoms with Gasteiger partial charge in [0.05, 0.1) is 0 Å². The maximum Gasteiger partial charge on any atom is 0.343 e. The van der Waals surface area contributed by atoms with E-state index in [1.807, 2.05) is 0 Å². The molecule has 0 atom stereocenters. The molecule has 3 nitrogen and oxygen atoms in total. The van der Waals surface area contributed by atoms with Gasteiger partial charge in [-0.05, 0) is 5.29 Å². The van der Waals surface area contributed by atoms with Gasteiger partial charge in [0.2, 0.25) is 0 Å². The Bertz CT molecular complexity index is 92.1. The standard InChI is InChI=1S/C2H2BrClFNO2/c3-2(7)6(5)8-1-4/h1H2. The summed E-state index contributed by atoms with van der Waals surface area (Å²) in [6, 6.07) is -0.395. The van der Waals surface area contributed by atoms with Gasteiger partial charge >= 0.3 is 4.82 Å². The van der Waals surface area contributed by atoms with Crippen LogP contribution in [0.5, 0.6) is 0 Å². The largest absolute Gasteiger partial charge is 0.343 e. The fraction of sp³-hybridized carbons (Fsp3) is 0.500. The van der Waals surface area contributed by atoms with Crippen LogP contribution in [0, 0.1) is 0 Å². The van der Waals surface area contributed by atoms with E-state index in [-0.39, 0.29) is 0 Å². The van der Waals surface area contributed by atoms with Crippen molar-refractivity contribution in [3.05, 3.63) is 0 Å². The van der Waals surface area contributed by atoms with Gasteiger partial charge in [0.15, 0.2) is 6.07 Å². The summed E-state index contributed by atoms with van der Waals surface area (Å²) < 4.78 is 11.7.